The normalized spacial score (nSPS) is 18.1. The third kappa shape index (κ3) is 5.34. The number of alkyl halides is 3. The highest BCUT2D eigenvalue weighted by Gasteiger charge is 2.32. The number of nitrogens with one attached hydrogen (secondary N) is 2. The molecule has 3 aromatic rings. The third-order valence-corrected chi connectivity index (χ3v) is 6.47. The summed E-state index contributed by atoms with van der Waals surface area (Å²) in [6, 6.07) is 11.4. The van der Waals surface area contributed by atoms with Crippen molar-refractivity contribution in [2.24, 2.45) is 5.73 Å². The largest absolute Gasteiger partial charge is 0.416 e. The van der Waals surface area contributed by atoms with Crippen LogP contribution in [0.25, 0.3) is 0 Å². The van der Waals surface area contributed by atoms with Crippen molar-refractivity contribution in [3.8, 4) is 0 Å². The Labute approximate surface area is 203 Å². The van der Waals surface area contributed by atoms with E-state index in [2.05, 4.69) is 10.3 Å². The maximum atomic E-state index is 13.8. The summed E-state index contributed by atoms with van der Waals surface area (Å²) in [6.45, 7) is -0.414. The van der Waals surface area contributed by atoms with Crippen LogP contribution in [0.4, 0.5) is 23.2 Å². The molecule has 0 unspecified atom stereocenters. The van der Waals surface area contributed by atoms with E-state index in [1.54, 1.807) is 0 Å². The standard InChI is InChI=1S/C25H24F4N4O3/c26-18-11-14(10-17(12-18)25(27,28)29)13-31-21-20(22(30)34)32-24(36)33(23(21)35)19-8-6-16(7-9-19)15-4-2-1-3-5-15/h1-5,10-12,16,19,31H,6-9,13H2,(H2,30,34)(H,32,36). The average molecular weight is 504 g/mol. The minimum absolute atomic E-state index is 0.113. The topological polar surface area (TPSA) is 110 Å². The smallest absolute Gasteiger partial charge is 0.375 e. The number of carbonyl (C=O) groups excluding carboxylic acids is 1. The van der Waals surface area contributed by atoms with Crippen LogP contribution in [0.5, 0.6) is 0 Å². The lowest BCUT2D eigenvalue weighted by Crippen LogP contribution is -2.42. The highest BCUT2D eigenvalue weighted by Crippen LogP contribution is 2.37. The van der Waals surface area contributed by atoms with Gasteiger partial charge in [0.1, 0.15) is 17.2 Å². The first-order valence-electron chi connectivity index (χ1n) is 11.4. The van der Waals surface area contributed by atoms with Crippen LogP contribution >= 0.6 is 0 Å². The lowest BCUT2D eigenvalue weighted by atomic mass is 9.81. The van der Waals surface area contributed by atoms with Gasteiger partial charge < -0.3 is 16.0 Å². The maximum Gasteiger partial charge on any atom is 0.416 e. The van der Waals surface area contributed by atoms with Crippen molar-refractivity contribution in [2.45, 2.75) is 50.4 Å². The molecule has 7 nitrogen and oxygen atoms in total. The number of primary amides is 1. The molecule has 0 radical (unpaired) electrons. The van der Waals surface area contributed by atoms with E-state index >= 15 is 0 Å². The van der Waals surface area contributed by atoms with Gasteiger partial charge in [0.2, 0.25) is 0 Å². The zero-order chi connectivity index (χ0) is 26.0. The van der Waals surface area contributed by atoms with Crippen LogP contribution in [-0.2, 0) is 12.7 Å². The number of aromatic nitrogens is 2. The van der Waals surface area contributed by atoms with Gasteiger partial charge in [0, 0.05) is 12.6 Å². The van der Waals surface area contributed by atoms with E-state index in [4.69, 9.17) is 5.73 Å². The Morgan fingerprint density at radius 1 is 1.06 bits per heavy atom. The predicted octanol–water partition coefficient (Wildman–Crippen LogP) is 4.30. The molecule has 4 N–H and O–H groups in total. The zero-order valence-corrected chi connectivity index (χ0v) is 19.1. The van der Waals surface area contributed by atoms with Crippen molar-refractivity contribution >= 4 is 11.6 Å². The summed E-state index contributed by atoms with van der Waals surface area (Å²) < 4.78 is 53.9. The lowest BCUT2D eigenvalue weighted by Gasteiger charge is -2.30. The van der Waals surface area contributed by atoms with Crippen LogP contribution in [0, 0.1) is 5.82 Å². The first kappa shape index (κ1) is 25.2. The van der Waals surface area contributed by atoms with Crippen LogP contribution in [0.15, 0.2) is 58.1 Å². The number of benzene rings is 2. The van der Waals surface area contributed by atoms with Gasteiger partial charge >= 0.3 is 11.9 Å². The van der Waals surface area contributed by atoms with Crippen molar-refractivity contribution in [1.82, 2.24) is 9.55 Å². The van der Waals surface area contributed by atoms with Crippen molar-refractivity contribution in [2.75, 3.05) is 5.32 Å². The number of rotatable bonds is 6. The Balaban J connectivity index is 1.61. The molecule has 0 bridgehead atoms. The molecule has 36 heavy (non-hydrogen) atoms. The molecule has 0 spiro atoms. The van der Waals surface area contributed by atoms with Crippen molar-refractivity contribution in [3.05, 3.63) is 97.6 Å². The highest BCUT2D eigenvalue weighted by molar-refractivity contribution is 5.96. The molecule has 11 heteroatoms. The van der Waals surface area contributed by atoms with Crippen LogP contribution in [0.2, 0.25) is 0 Å². The fourth-order valence-corrected chi connectivity index (χ4v) is 4.73. The molecule has 190 valence electrons. The van der Waals surface area contributed by atoms with Crippen molar-refractivity contribution in [3.63, 3.8) is 0 Å². The zero-order valence-electron chi connectivity index (χ0n) is 19.1. The summed E-state index contributed by atoms with van der Waals surface area (Å²) in [5.41, 5.74) is 2.74. The molecule has 0 aliphatic heterocycles. The van der Waals surface area contributed by atoms with Crippen LogP contribution < -0.4 is 22.3 Å². The molecule has 1 heterocycles. The SMILES string of the molecule is NC(=O)c1[nH]c(=O)n(C2CCC(c3ccccc3)CC2)c(=O)c1NCc1cc(F)cc(C(F)(F)F)c1. The first-order valence-corrected chi connectivity index (χ1v) is 11.4. The Bertz CT molecular complexity index is 1370. The second-order valence-electron chi connectivity index (χ2n) is 8.84. The molecule has 1 aromatic heterocycles. The highest BCUT2D eigenvalue weighted by atomic mass is 19.4. The van der Waals surface area contributed by atoms with Gasteiger partial charge in [0.25, 0.3) is 11.5 Å². The average Bonchev–Trinajstić information content (AvgIpc) is 2.83. The molecule has 1 saturated carbocycles. The van der Waals surface area contributed by atoms with Gasteiger partial charge in [-0.2, -0.15) is 13.2 Å². The molecular formula is C25H24F4N4O3. The lowest BCUT2D eigenvalue weighted by molar-refractivity contribution is -0.137. The van der Waals surface area contributed by atoms with Gasteiger partial charge in [0.15, 0.2) is 0 Å². The van der Waals surface area contributed by atoms with Gasteiger partial charge in [-0.3, -0.25) is 14.2 Å². The number of hydrogen-bond donors (Lipinski definition) is 3. The second-order valence-corrected chi connectivity index (χ2v) is 8.84. The molecule has 1 amide bonds. The summed E-state index contributed by atoms with van der Waals surface area (Å²) in [6.07, 6.45) is -2.21. The third-order valence-electron chi connectivity index (χ3n) is 6.47. The van der Waals surface area contributed by atoms with E-state index in [-0.39, 0.29) is 17.2 Å². The Morgan fingerprint density at radius 2 is 1.72 bits per heavy atom. The van der Waals surface area contributed by atoms with Crippen molar-refractivity contribution in [1.29, 1.82) is 0 Å². The fraction of sp³-hybridized carbons (Fsp3) is 0.320. The van der Waals surface area contributed by atoms with E-state index < -0.39 is 53.0 Å². The van der Waals surface area contributed by atoms with Gasteiger partial charge in [-0.05, 0) is 60.9 Å². The second kappa shape index (κ2) is 10.00. The van der Waals surface area contributed by atoms with Crippen LogP contribution in [0.3, 0.4) is 0 Å². The fourth-order valence-electron chi connectivity index (χ4n) is 4.73. The number of carbonyl (C=O) groups is 1. The minimum Gasteiger partial charge on any atom is -0.375 e. The predicted molar refractivity (Wildman–Crippen MR) is 125 cm³/mol. The number of amides is 1. The summed E-state index contributed by atoms with van der Waals surface area (Å²) >= 11 is 0. The molecule has 1 aliphatic carbocycles. The summed E-state index contributed by atoms with van der Waals surface area (Å²) in [5, 5.41) is 2.59. The summed E-state index contributed by atoms with van der Waals surface area (Å²) in [7, 11) is 0. The number of nitrogens with zero attached hydrogens (tertiary/aromatic N) is 1. The van der Waals surface area contributed by atoms with Crippen molar-refractivity contribution < 1.29 is 22.4 Å². The maximum absolute atomic E-state index is 13.8. The molecule has 0 atom stereocenters. The van der Waals surface area contributed by atoms with E-state index in [9.17, 15) is 31.9 Å². The van der Waals surface area contributed by atoms with Gasteiger partial charge in [-0.25, -0.2) is 9.18 Å². The van der Waals surface area contributed by atoms with Crippen LogP contribution in [-0.4, -0.2) is 15.5 Å². The molecule has 4 rings (SSSR count). The molecule has 2 aromatic carbocycles. The number of nitrogens with two attached hydrogens (primary N) is 1. The number of hydrogen-bond acceptors (Lipinski definition) is 4. The number of aromatic amines is 1. The van der Waals surface area contributed by atoms with E-state index in [0.717, 1.165) is 29.5 Å². The van der Waals surface area contributed by atoms with E-state index in [0.29, 0.717) is 18.9 Å². The summed E-state index contributed by atoms with van der Waals surface area (Å²) in [4.78, 5) is 40.3. The van der Waals surface area contributed by atoms with Crippen LogP contribution in [0.1, 0.15) is 64.8 Å². The molecule has 1 fully saturated rings. The molecule has 0 saturated heterocycles. The number of H-pyrrole nitrogens is 1. The molecule has 1 aliphatic rings. The minimum atomic E-state index is -4.77. The Kier molecular flexibility index (Phi) is 7.00. The first-order chi connectivity index (χ1) is 17.0. The monoisotopic (exact) mass is 504 g/mol. The van der Waals surface area contributed by atoms with Gasteiger partial charge in [-0.1, -0.05) is 30.3 Å². The van der Waals surface area contributed by atoms with Gasteiger partial charge in [-0.15, -0.1) is 0 Å². The number of anilines is 1. The molecular weight excluding hydrogens is 480 g/mol. The Hall–Kier alpha value is -3.89. The Morgan fingerprint density at radius 3 is 2.33 bits per heavy atom. The summed E-state index contributed by atoms with van der Waals surface area (Å²) in [5.74, 6) is -1.91. The van der Waals surface area contributed by atoms with Gasteiger partial charge in [0.05, 0.1) is 5.56 Å². The van der Waals surface area contributed by atoms with E-state index in [1.165, 1.54) is 5.56 Å². The quantitative estimate of drug-likeness (QED) is 0.435. The van der Waals surface area contributed by atoms with E-state index in [1.807, 2.05) is 30.3 Å². The number of halogens is 4.